The minimum absolute atomic E-state index is 0.0350. The molecule has 2 rings (SSSR count). The van der Waals surface area contributed by atoms with E-state index in [1.54, 1.807) is 0 Å². The third-order valence-electron chi connectivity index (χ3n) is 2.69. The van der Waals surface area contributed by atoms with Crippen LogP contribution in [0.2, 0.25) is 25.1 Å². The van der Waals surface area contributed by atoms with Crippen molar-refractivity contribution < 1.29 is 9.18 Å². The van der Waals surface area contributed by atoms with Gasteiger partial charge in [0.15, 0.2) is 0 Å². The number of carbonyl (C=O) groups excluding carboxylic acids is 1. The van der Waals surface area contributed by atoms with Gasteiger partial charge in [0.05, 0.1) is 30.7 Å². The summed E-state index contributed by atoms with van der Waals surface area (Å²) in [6.45, 7) is 0. The molecule has 2 aromatic rings. The van der Waals surface area contributed by atoms with Crippen LogP contribution in [-0.4, -0.2) is 5.24 Å². The summed E-state index contributed by atoms with van der Waals surface area (Å²) in [5, 5.41) is -1.26. The maximum Gasteiger partial charge on any atom is 0.255 e. The first-order chi connectivity index (χ1) is 9.77. The summed E-state index contributed by atoms with van der Waals surface area (Å²) in [7, 11) is 0. The third kappa shape index (κ3) is 2.98. The average molecular weight is 407 g/mol. The van der Waals surface area contributed by atoms with Gasteiger partial charge in [-0.15, -0.1) is 0 Å². The van der Waals surface area contributed by atoms with Gasteiger partial charge in [-0.25, -0.2) is 4.39 Å². The van der Waals surface area contributed by atoms with Crippen molar-refractivity contribution in [2.75, 3.05) is 0 Å². The molecule has 1 nitrogen and oxygen atoms in total. The second-order valence-corrected chi connectivity index (χ2v) is 6.11. The summed E-state index contributed by atoms with van der Waals surface area (Å²) in [6, 6.07) is 3.88. The van der Waals surface area contributed by atoms with Crippen LogP contribution in [0, 0.1) is 5.82 Å². The van der Waals surface area contributed by atoms with E-state index in [1.807, 2.05) is 0 Å². The lowest BCUT2D eigenvalue weighted by Gasteiger charge is -2.15. The highest BCUT2D eigenvalue weighted by molar-refractivity contribution is 6.68. The van der Waals surface area contributed by atoms with E-state index < -0.39 is 11.1 Å². The van der Waals surface area contributed by atoms with Gasteiger partial charge in [-0.2, -0.15) is 0 Å². The molecule has 8 heteroatoms. The summed E-state index contributed by atoms with van der Waals surface area (Å²) in [5.74, 6) is -0.818. The van der Waals surface area contributed by atoms with Crippen LogP contribution in [0.5, 0.6) is 0 Å². The Morgan fingerprint density at radius 2 is 1.33 bits per heavy atom. The van der Waals surface area contributed by atoms with Crippen molar-refractivity contribution in [3.63, 3.8) is 0 Å². The van der Waals surface area contributed by atoms with Crippen molar-refractivity contribution in [2.24, 2.45) is 0 Å². The van der Waals surface area contributed by atoms with Crippen molar-refractivity contribution in [1.82, 2.24) is 0 Å². The molecule has 0 atom stereocenters. The second kappa shape index (κ2) is 6.49. The monoisotopic (exact) mass is 404 g/mol. The van der Waals surface area contributed by atoms with Gasteiger partial charge in [0.1, 0.15) is 5.82 Å². The molecule has 0 aliphatic heterocycles. The molecule has 0 saturated carbocycles. The fourth-order valence-electron chi connectivity index (χ4n) is 1.77. The molecule has 0 spiro atoms. The molecule has 0 fully saturated rings. The van der Waals surface area contributed by atoms with Gasteiger partial charge < -0.3 is 0 Å². The van der Waals surface area contributed by atoms with Crippen LogP contribution in [0.15, 0.2) is 18.2 Å². The summed E-state index contributed by atoms with van der Waals surface area (Å²) in [6.07, 6.45) is 0. The van der Waals surface area contributed by atoms with Gasteiger partial charge in [0.25, 0.3) is 5.24 Å². The number of benzene rings is 2. The molecule has 0 heterocycles. The van der Waals surface area contributed by atoms with E-state index in [9.17, 15) is 9.18 Å². The molecular formula is C13H3Cl6FO. The third-order valence-corrected chi connectivity index (χ3v) is 5.16. The van der Waals surface area contributed by atoms with Crippen LogP contribution >= 0.6 is 69.6 Å². The van der Waals surface area contributed by atoms with E-state index in [1.165, 1.54) is 12.1 Å². The van der Waals surface area contributed by atoms with E-state index in [0.717, 1.165) is 6.07 Å². The van der Waals surface area contributed by atoms with Crippen molar-refractivity contribution in [3.8, 4) is 11.1 Å². The summed E-state index contributed by atoms with van der Waals surface area (Å²) >= 11 is 35.4. The van der Waals surface area contributed by atoms with Crippen LogP contribution in [0.3, 0.4) is 0 Å². The lowest BCUT2D eigenvalue weighted by atomic mass is 9.99. The molecule has 0 unspecified atom stereocenters. The standard InChI is InChI=1S/C13H3Cl6FO/c14-8-7(9(15)11(17)12(18)10(8)16)4-2-1-3-5(20)6(4)13(19)21/h1-3H. The smallest absolute Gasteiger partial charge is 0.255 e. The summed E-state index contributed by atoms with van der Waals surface area (Å²) in [5.41, 5.74) is -0.218. The van der Waals surface area contributed by atoms with E-state index in [0.29, 0.717) is 0 Å². The van der Waals surface area contributed by atoms with E-state index in [-0.39, 0.29) is 41.8 Å². The molecular weight excluding hydrogens is 404 g/mol. The van der Waals surface area contributed by atoms with Gasteiger partial charge >= 0.3 is 0 Å². The number of hydrogen-bond donors (Lipinski definition) is 0. The zero-order valence-corrected chi connectivity index (χ0v) is 14.3. The minimum Gasteiger partial charge on any atom is -0.275 e. The number of halogens is 7. The lowest BCUT2D eigenvalue weighted by molar-refractivity contribution is 0.107. The van der Waals surface area contributed by atoms with Crippen LogP contribution in [0.1, 0.15) is 10.4 Å². The Bertz CT molecular complexity index is 730. The first kappa shape index (κ1) is 17.1. The van der Waals surface area contributed by atoms with Crippen LogP contribution < -0.4 is 0 Å². The Hall–Kier alpha value is -0.220. The van der Waals surface area contributed by atoms with Crippen LogP contribution in [0.25, 0.3) is 11.1 Å². The molecule has 0 radical (unpaired) electrons. The quantitative estimate of drug-likeness (QED) is 0.294. The first-order valence-electron chi connectivity index (χ1n) is 5.27. The number of carbonyl (C=O) groups is 1. The Morgan fingerprint density at radius 1 is 0.857 bits per heavy atom. The molecule has 0 amide bonds. The van der Waals surface area contributed by atoms with Gasteiger partial charge in [-0.05, 0) is 23.2 Å². The Kier molecular flexibility index (Phi) is 5.30. The molecule has 0 aromatic heterocycles. The fraction of sp³-hybridized carbons (Fsp3) is 0. The van der Waals surface area contributed by atoms with E-state index in [2.05, 4.69) is 0 Å². The van der Waals surface area contributed by atoms with Crippen molar-refractivity contribution in [3.05, 3.63) is 54.7 Å². The van der Waals surface area contributed by atoms with Crippen LogP contribution in [-0.2, 0) is 0 Å². The number of hydrogen-bond acceptors (Lipinski definition) is 1. The van der Waals surface area contributed by atoms with Gasteiger partial charge in [0, 0.05) is 5.56 Å². The first-order valence-corrected chi connectivity index (χ1v) is 7.54. The molecule has 0 aliphatic carbocycles. The maximum atomic E-state index is 13.8. The Labute approximate surface area is 149 Å². The summed E-state index contributed by atoms with van der Waals surface area (Å²) in [4.78, 5) is 11.5. The minimum atomic E-state index is -1.00. The Balaban J connectivity index is 2.93. The Morgan fingerprint density at radius 3 is 1.81 bits per heavy atom. The molecule has 0 N–H and O–H groups in total. The van der Waals surface area contributed by atoms with Gasteiger partial charge in [-0.3, -0.25) is 4.79 Å². The summed E-state index contributed by atoms with van der Waals surface area (Å²) < 4.78 is 13.8. The van der Waals surface area contributed by atoms with Crippen LogP contribution in [0.4, 0.5) is 4.39 Å². The van der Waals surface area contributed by atoms with E-state index >= 15 is 0 Å². The van der Waals surface area contributed by atoms with Crippen molar-refractivity contribution in [1.29, 1.82) is 0 Å². The predicted molar refractivity (Wildman–Crippen MR) is 87.1 cm³/mol. The highest BCUT2D eigenvalue weighted by Gasteiger charge is 2.25. The molecule has 0 bridgehead atoms. The fourth-order valence-corrected chi connectivity index (χ4v) is 3.31. The van der Waals surface area contributed by atoms with Crippen molar-refractivity contribution >= 4 is 74.8 Å². The normalized spacial score (nSPS) is 10.8. The topological polar surface area (TPSA) is 17.1 Å². The average Bonchev–Trinajstić information content (AvgIpc) is 2.43. The molecule has 0 aliphatic rings. The largest absolute Gasteiger partial charge is 0.275 e. The molecule has 2 aromatic carbocycles. The SMILES string of the molecule is O=C(Cl)c1c(F)cccc1-c1c(Cl)c(Cl)c(Cl)c(Cl)c1Cl. The molecule has 110 valence electrons. The highest BCUT2D eigenvalue weighted by Crippen LogP contribution is 2.49. The maximum absolute atomic E-state index is 13.8. The van der Waals surface area contributed by atoms with Gasteiger partial charge in [-0.1, -0.05) is 70.1 Å². The molecule has 21 heavy (non-hydrogen) atoms. The van der Waals surface area contributed by atoms with Crippen molar-refractivity contribution in [2.45, 2.75) is 0 Å². The molecule has 0 saturated heterocycles. The van der Waals surface area contributed by atoms with Gasteiger partial charge in [0.2, 0.25) is 0 Å². The van der Waals surface area contributed by atoms with E-state index in [4.69, 9.17) is 69.6 Å². The zero-order valence-electron chi connectivity index (χ0n) is 9.79. The lowest BCUT2D eigenvalue weighted by Crippen LogP contribution is -2.00. The predicted octanol–water partition coefficient (Wildman–Crippen LogP) is 7.14. The zero-order chi connectivity index (χ0) is 15.9. The second-order valence-electron chi connectivity index (χ2n) is 3.88. The highest BCUT2D eigenvalue weighted by atomic mass is 35.5. The number of rotatable bonds is 2.